The number of unbranched alkanes of at least 4 members (excludes halogenated alkanes) is 1. The van der Waals surface area contributed by atoms with Crippen molar-refractivity contribution >= 4 is 17.4 Å². The van der Waals surface area contributed by atoms with Gasteiger partial charge in [0.2, 0.25) is 0 Å². The molecule has 0 saturated carbocycles. The van der Waals surface area contributed by atoms with Crippen LogP contribution in [0.3, 0.4) is 0 Å². The Labute approximate surface area is 115 Å². The molecule has 0 aliphatic heterocycles. The first-order chi connectivity index (χ1) is 8.54. The zero-order valence-electron chi connectivity index (χ0n) is 11.8. The summed E-state index contributed by atoms with van der Waals surface area (Å²) in [6, 6.07) is 0. The zero-order valence-corrected chi connectivity index (χ0v) is 12.5. The molecule has 0 radical (unpaired) electrons. The average Bonchev–Trinajstić information content (AvgIpc) is 2.33. The molecule has 1 aromatic heterocycles. The van der Waals surface area contributed by atoms with E-state index in [0.29, 0.717) is 5.15 Å². The van der Waals surface area contributed by atoms with Crippen LogP contribution in [0.25, 0.3) is 0 Å². The Hall–Kier alpha value is -0.870. The molecule has 102 valence electrons. The third-order valence-corrected chi connectivity index (χ3v) is 3.14. The first-order valence-corrected chi connectivity index (χ1v) is 6.84. The fourth-order valence-corrected chi connectivity index (χ4v) is 1.81. The fourth-order valence-electron chi connectivity index (χ4n) is 1.62. The highest BCUT2D eigenvalue weighted by Crippen LogP contribution is 2.19. The fraction of sp³-hybridized carbons (Fsp3) is 0.692. The Kier molecular flexibility index (Phi) is 6.36. The number of aromatic nitrogens is 2. The van der Waals surface area contributed by atoms with E-state index in [-0.39, 0.29) is 0 Å². The van der Waals surface area contributed by atoms with Gasteiger partial charge in [0.15, 0.2) is 0 Å². The van der Waals surface area contributed by atoms with Crippen LogP contribution in [-0.4, -0.2) is 42.1 Å². The van der Waals surface area contributed by atoms with Gasteiger partial charge in [0.25, 0.3) is 0 Å². The van der Waals surface area contributed by atoms with Crippen LogP contribution >= 0.6 is 11.6 Å². The highest BCUT2D eigenvalue weighted by molar-refractivity contribution is 6.30. The second-order valence-electron chi connectivity index (χ2n) is 4.69. The van der Waals surface area contributed by atoms with E-state index in [0.717, 1.165) is 43.1 Å². The summed E-state index contributed by atoms with van der Waals surface area (Å²) < 4.78 is 0. The molecule has 1 N–H and O–H groups in total. The number of hydrogen-bond acceptors (Lipinski definition) is 4. The van der Waals surface area contributed by atoms with Gasteiger partial charge in [-0.3, -0.25) is 0 Å². The van der Waals surface area contributed by atoms with Gasteiger partial charge in [-0.05, 0) is 40.4 Å². The Balaban J connectivity index is 2.48. The van der Waals surface area contributed by atoms with E-state index < -0.39 is 0 Å². The maximum atomic E-state index is 6.08. The normalized spacial score (nSPS) is 11.0. The summed E-state index contributed by atoms with van der Waals surface area (Å²) in [5.41, 5.74) is 0.932. The van der Waals surface area contributed by atoms with Gasteiger partial charge in [0.1, 0.15) is 16.8 Å². The van der Waals surface area contributed by atoms with Crippen molar-refractivity contribution < 1.29 is 0 Å². The smallest absolute Gasteiger partial charge is 0.137 e. The molecule has 0 saturated heterocycles. The molecule has 0 atom stereocenters. The predicted molar refractivity (Wildman–Crippen MR) is 77.4 cm³/mol. The summed E-state index contributed by atoms with van der Waals surface area (Å²) in [5.74, 6) is 1.66. The van der Waals surface area contributed by atoms with Crippen molar-refractivity contribution in [3.05, 3.63) is 16.5 Å². The van der Waals surface area contributed by atoms with Crippen molar-refractivity contribution in [3.8, 4) is 0 Å². The molecule has 0 aromatic carbocycles. The van der Waals surface area contributed by atoms with Gasteiger partial charge in [-0.1, -0.05) is 18.5 Å². The van der Waals surface area contributed by atoms with Crippen LogP contribution < -0.4 is 5.32 Å². The molecule has 4 nitrogen and oxygen atoms in total. The minimum absolute atomic E-state index is 0.553. The largest absolute Gasteiger partial charge is 0.370 e. The summed E-state index contributed by atoms with van der Waals surface area (Å²) in [5, 5.41) is 3.90. The van der Waals surface area contributed by atoms with Crippen LogP contribution in [0.2, 0.25) is 5.15 Å². The molecule has 0 spiro atoms. The average molecular weight is 271 g/mol. The van der Waals surface area contributed by atoms with Gasteiger partial charge >= 0.3 is 0 Å². The summed E-state index contributed by atoms with van der Waals surface area (Å²) in [7, 11) is 4.19. The van der Waals surface area contributed by atoms with Crippen LogP contribution in [0.15, 0.2) is 0 Å². The maximum Gasteiger partial charge on any atom is 0.137 e. The Morgan fingerprint density at radius 1 is 1.22 bits per heavy atom. The quantitative estimate of drug-likeness (QED) is 0.611. The van der Waals surface area contributed by atoms with Gasteiger partial charge in [0.05, 0.1) is 0 Å². The number of hydrogen-bond donors (Lipinski definition) is 1. The molecule has 0 bridgehead atoms. The standard InChI is InChI=1S/C13H23ClN4/c1-5-11-16-12(14)10(2)13(17-11)15-8-6-7-9-18(3)4/h5-9H2,1-4H3,(H,15,16,17). The van der Waals surface area contributed by atoms with E-state index in [2.05, 4.69) is 34.3 Å². The Morgan fingerprint density at radius 2 is 1.94 bits per heavy atom. The summed E-state index contributed by atoms with van der Waals surface area (Å²) >= 11 is 6.08. The van der Waals surface area contributed by atoms with Gasteiger partial charge in [-0.2, -0.15) is 0 Å². The molecule has 0 amide bonds. The highest BCUT2D eigenvalue weighted by Gasteiger charge is 2.07. The van der Waals surface area contributed by atoms with Crippen molar-refractivity contribution in [2.45, 2.75) is 33.1 Å². The van der Waals surface area contributed by atoms with Gasteiger partial charge in [-0.15, -0.1) is 0 Å². The third-order valence-electron chi connectivity index (χ3n) is 2.77. The van der Waals surface area contributed by atoms with Crippen LogP contribution in [-0.2, 0) is 6.42 Å². The third kappa shape index (κ3) is 4.78. The maximum absolute atomic E-state index is 6.08. The van der Waals surface area contributed by atoms with Crippen molar-refractivity contribution in [2.24, 2.45) is 0 Å². The van der Waals surface area contributed by atoms with Crippen LogP contribution in [0, 0.1) is 6.92 Å². The van der Waals surface area contributed by atoms with Crippen molar-refractivity contribution in [3.63, 3.8) is 0 Å². The van der Waals surface area contributed by atoms with E-state index in [9.17, 15) is 0 Å². The van der Waals surface area contributed by atoms with Crippen LogP contribution in [0.1, 0.15) is 31.2 Å². The minimum Gasteiger partial charge on any atom is -0.370 e. The highest BCUT2D eigenvalue weighted by atomic mass is 35.5. The summed E-state index contributed by atoms with van der Waals surface area (Å²) in [4.78, 5) is 10.9. The van der Waals surface area contributed by atoms with Gasteiger partial charge in [-0.25, -0.2) is 9.97 Å². The zero-order chi connectivity index (χ0) is 13.5. The van der Waals surface area contributed by atoms with E-state index >= 15 is 0 Å². The van der Waals surface area contributed by atoms with E-state index in [4.69, 9.17) is 11.6 Å². The van der Waals surface area contributed by atoms with Crippen molar-refractivity contribution in [1.29, 1.82) is 0 Å². The molecule has 0 unspecified atom stereocenters. The molecular formula is C13H23ClN4. The molecule has 0 aliphatic carbocycles. The topological polar surface area (TPSA) is 41.1 Å². The molecule has 1 rings (SSSR count). The molecular weight excluding hydrogens is 248 g/mol. The first-order valence-electron chi connectivity index (χ1n) is 6.46. The molecule has 0 fully saturated rings. The van der Waals surface area contributed by atoms with Crippen LogP contribution in [0.5, 0.6) is 0 Å². The molecule has 1 heterocycles. The second kappa shape index (κ2) is 7.54. The second-order valence-corrected chi connectivity index (χ2v) is 5.05. The van der Waals surface area contributed by atoms with Gasteiger partial charge in [0, 0.05) is 18.5 Å². The minimum atomic E-state index is 0.553. The number of nitrogens with zero attached hydrogens (tertiary/aromatic N) is 3. The number of aryl methyl sites for hydroxylation is 1. The van der Waals surface area contributed by atoms with Crippen LogP contribution in [0.4, 0.5) is 5.82 Å². The lowest BCUT2D eigenvalue weighted by Gasteiger charge is -2.12. The van der Waals surface area contributed by atoms with E-state index in [1.807, 2.05) is 13.8 Å². The van der Waals surface area contributed by atoms with E-state index in [1.165, 1.54) is 6.42 Å². The monoisotopic (exact) mass is 270 g/mol. The predicted octanol–water partition coefficient (Wildman–Crippen LogP) is 2.75. The lowest BCUT2D eigenvalue weighted by atomic mass is 10.3. The lowest BCUT2D eigenvalue weighted by molar-refractivity contribution is 0.396. The number of halogens is 1. The number of anilines is 1. The molecule has 5 heteroatoms. The molecule has 1 aromatic rings. The van der Waals surface area contributed by atoms with Crippen molar-refractivity contribution in [1.82, 2.24) is 14.9 Å². The summed E-state index contributed by atoms with van der Waals surface area (Å²) in [6.07, 6.45) is 3.11. The molecule has 18 heavy (non-hydrogen) atoms. The Morgan fingerprint density at radius 3 is 2.56 bits per heavy atom. The number of nitrogens with one attached hydrogen (secondary N) is 1. The number of rotatable bonds is 7. The summed E-state index contributed by atoms with van der Waals surface area (Å²) in [6.45, 7) is 6.02. The van der Waals surface area contributed by atoms with E-state index in [1.54, 1.807) is 0 Å². The SMILES string of the molecule is CCc1nc(Cl)c(C)c(NCCCCN(C)C)n1. The lowest BCUT2D eigenvalue weighted by Crippen LogP contribution is -2.14. The Bertz CT molecular complexity index is 379. The van der Waals surface area contributed by atoms with Crippen molar-refractivity contribution in [2.75, 3.05) is 32.5 Å². The first kappa shape index (κ1) is 15.2. The molecule has 0 aliphatic rings. The van der Waals surface area contributed by atoms with Gasteiger partial charge < -0.3 is 10.2 Å².